The van der Waals surface area contributed by atoms with Gasteiger partial charge in [0.05, 0.1) is 7.11 Å². The van der Waals surface area contributed by atoms with Gasteiger partial charge in [0, 0.05) is 17.7 Å². The maximum Gasteiger partial charge on any atom is 0.387 e. The van der Waals surface area contributed by atoms with E-state index in [1.54, 1.807) is 43.5 Å². The van der Waals surface area contributed by atoms with E-state index in [1.165, 1.54) is 6.07 Å². The summed E-state index contributed by atoms with van der Waals surface area (Å²) in [7, 11) is 1.55. The number of methoxy groups -OCH3 is 1. The van der Waals surface area contributed by atoms with Crippen LogP contribution in [0, 0.1) is 0 Å². The van der Waals surface area contributed by atoms with Gasteiger partial charge in [0.25, 0.3) is 0 Å². The van der Waals surface area contributed by atoms with Gasteiger partial charge in [0.1, 0.15) is 11.5 Å². The zero-order valence-corrected chi connectivity index (χ0v) is 14.2. The van der Waals surface area contributed by atoms with Crippen LogP contribution in [-0.2, 0) is 4.79 Å². The Hall–Kier alpha value is -2.63. The van der Waals surface area contributed by atoms with Crippen molar-refractivity contribution in [1.29, 1.82) is 0 Å². The summed E-state index contributed by atoms with van der Waals surface area (Å²) in [5.41, 5.74) is 1.69. The Bertz CT molecular complexity index is 702. The highest BCUT2D eigenvalue weighted by Crippen LogP contribution is 2.34. The first-order valence-corrected chi connectivity index (χ1v) is 8.06. The van der Waals surface area contributed by atoms with Crippen LogP contribution in [0.15, 0.2) is 42.5 Å². The fourth-order valence-electron chi connectivity index (χ4n) is 2.36. The number of rotatable bonds is 8. The number of halogens is 2. The summed E-state index contributed by atoms with van der Waals surface area (Å²) in [6, 6.07) is 11.6. The van der Waals surface area contributed by atoms with Crippen molar-refractivity contribution in [2.75, 3.05) is 12.4 Å². The van der Waals surface area contributed by atoms with Crippen molar-refractivity contribution in [3.8, 4) is 22.6 Å². The van der Waals surface area contributed by atoms with Gasteiger partial charge in [-0.15, -0.1) is 0 Å². The van der Waals surface area contributed by atoms with Crippen molar-refractivity contribution in [3.05, 3.63) is 42.5 Å². The van der Waals surface area contributed by atoms with Gasteiger partial charge in [-0.25, -0.2) is 0 Å². The first kappa shape index (κ1) is 18.7. The molecule has 0 heterocycles. The molecule has 0 atom stereocenters. The van der Waals surface area contributed by atoms with E-state index >= 15 is 0 Å². The Morgan fingerprint density at radius 3 is 2.48 bits per heavy atom. The first-order chi connectivity index (χ1) is 12.0. The molecular weight excluding hydrogens is 328 g/mol. The topological polar surface area (TPSA) is 47.6 Å². The van der Waals surface area contributed by atoms with Gasteiger partial charge in [0.15, 0.2) is 0 Å². The van der Waals surface area contributed by atoms with E-state index in [-0.39, 0.29) is 11.7 Å². The molecule has 25 heavy (non-hydrogen) atoms. The number of unbranched alkanes of at least 4 members (excludes halogenated alkanes) is 1. The second kappa shape index (κ2) is 9.01. The number of hydrogen-bond donors (Lipinski definition) is 1. The molecule has 0 aromatic heterocycles. The fourth-order valence-corrected chi connectivity index (χ4v) is 2.36. The van der Waals surface area contributed by atoms with Crippen LogP contribution >= 0.6 is 0 Å². The molecule has 0 saturated heterocycles. The van der Waals surface area contributed by atoms with Crippen molar-refractivity contribution >= 4 is 11.6 Å². The Kier molecular flexibility index (Phi) is 6.74. The molecular formula is C19H21F2NO3. The van der Waals surface area contributed by atoms with Gasteiger partial charge in [-0.3, -0.25) is 4.79 Å². The molecule has 2 aromatic carbocycles. The van der Waals surface area contributed by atoms with Crippen LogP contribution in [0.2, 0.25) is 0 Å². The molecule has 0 bridgehead atoms. The zero-order valence-electron chi connectivity index (χ0n) is 14.2. The number of alkyl halides is 2. The number of nitrogens with one attached hydrogen (secondary N) is 1. The monoisotopic (exact) mass is 349 g/mol. The summed E-state index contributed by atoms with van der Waals surface area (Å²) in [6.45, 7) is -0.923. The van der Waals surface area contributed by atoms with Crippen LogP contribution in [0.25, 0.3) is 11.1 Å². The third-order valence-corrected chi connectivity index (χ3v) is 3.64. The third-order valence-electron chi connectivity index (χ3n) is 3.64. The van der Waals surface area contributed by atoms with Crippen LogP contribution in [0.4, 0.5) is 14.5 Å². The summed E-state index contributed by atoms with van der Waals surface area (Å²) in [5, 5.41) is 2.78. The predicted molar refractivity (Wildman–Crippen MR) is 93.2 cm³/mol. The molecule has 0 unspecified atom stereocenters. The Balaban J connectivity index is 2.31. The molecule has 0 aliphatic heterocycles. The fraction of sp³-hybridized carbons (Fsp3) is 0.316. The number of carbonyl (C=O) groups excluding carboxylic acids is 1. The van der Waals surface area contributed by atoms with Crippen molar-refractivity contribution in [2.24, 2.45) is 0 Å². The van der Waals surface area contributed by atoms with Crippen LogP contribution in [-0.4, -0.2) is 19.6 Å². The number of carbonyl (C=O) groups is 1. The summed E-state index contributed by atoms with van der Waals surface area (Å²) >= 11 is 0. The minimum Gasteiger partial charge on any atom is -0.497 e. The van der Waals surface area contributed by atoms with Crippen LogP contribution in [0.5, 0.6) is 11.5 Å². The molecule has 134 valence electrons. The molecule has 2 rings (SSSR count). The molecule has 1 N–H and O–H groups in total. The first-order valence-electron chi connectivity index (χ1n) is 8.06. The van der Waals surface area contributed by atoms with E-state index in [0.29, 0.717) is 29.0 Å². The van der Waals surface area contributed by atoms with E-state index in [2.05, 4.69) is 10.1 Å². The average molecular weight is 349 g/mol. The highest BCUT2D eigenvalue weighted by Gasteiger charge is 2.13. The van der Waals surface area contributed by atoms with Crippen LogP contribution in [0.3, 0.4) is 0 Å². The number of hydrogen-bond acceptors (Lipinski definition) is 3. The van der Waals surface area contributed by atoms with Gasteiger partial charge in [-0.05, 0) is 42.3 Å². The van der Waals surface area contributed by atoms with Gasteiger partial charge < -0.3 is 14.8 Å². The second-order valence-electron chi connectivity index (χ2n) is 5.47. The summed E-state index contributed by atoms with van der Waals surface area (Å²) in [5.74, 6) is 0.598. The molecule has 0 aliphatic carbocycles. The third kappa shape index (κ3) is 5.45. The molecule has 4 nitrogen and oxygen atoms in total. The smallest absolute Gasteiger partial charge is 0.387 e. The van der Waals surface area contributed by atoms with E-state index in [9.17, 15) is 13.6 Å². The van der Waals surface area contributed by atoms with Crippen LogP contribution < -0.4 is 14.8 Å². The van der Waals surface area contributed by atoms with E-state index < -0.39 is 6.61 Å². The maximum absolute atomic E-state index is 12.7. The lowest BCUT2D eigenvalue weighted by Gasteiger charge is -2.14. The van der Waals surface area contributed by atoms with Crippen molar-refractivity contribution in [3.63, 3.8) is 0 Å². The highest BCUT2D eigenvalue weighted by molar-refractivity contribution is 5.92. The largest absolute Gasteiger partial charge is 0.497 e. The Labute approximate surface area is 145 Å². The number of benzene rings is 2. The number of amides is 1. The molecule has 2 aromatic rings. The van der Waals surface area contributed by atoms with Crippen molar-refractivity contribution < 1.29 is 23.0 Å². The lowest BCUT2D eigenvalue weighted by atomic mass is 10.0. The standard InChI is InChI=1S/C19H21F2NO3/c1-3-4-5-18(23)22-14-8-11-17(25-19(20)21)16(12-14)13-6-9-15(24-2)10-7-13/h6-12,19H,3-5H2,1-2H3,(H,22,23). The summed E-state index contributed by atoms with van der Waals surface area (Å²) in [4.78, 5) is 11.9. The molecule has 0 spiro atoms. The van der Waals surface area contributed by atoms with Crippen molar-refractivity contribution in [2.45, 2.75) is 32.8 Å². The quantitative estimate of drug-likeness (QED) is 0.722. The van der Waals surface area contributed by atoms with E-state index in [1.807, 2.05) is 6.92 Å². The maximum atomic E-state index is 12.7. The zero-order chi connectivity index (χ0) is 18.2. The Morgan fingerprint density at radius 1 is 1.16 bits per heavy atom. The minimum absolute atomic E-state index is 0.0479. The molecule has 0 radical (unpaired) electrons. The van der Waals surface area contributed by atoms with E-state index in [0.717, 1.165) is 12.8 Å². The van der Waals surface area contributed by atoms with Gasteiger partial charge >= 0.3 is 6.61 Å². The molecule has 1 amide bonds. The molecule has 6 heteroatoms. The summed E-state index contributed by atoms with van der Waals surface area (Å²) in [6.07, 6.45) is 2.14. The lowest BCUT2D eigenvalue weighted by Crippen LogP contribution is -2.11. The molecule has 0 fully saturated rings. The van der Waals surface area contributed by atoms with Gasteiger partial charge in [-0.2, -0.15) is 8.78 Å². The average Bonchev–Trinajstić information content (AvgIpc) is 2.61. The molecule has 0 aliphatic rings. The Morgan fingerprint density at radius 2 is 1.88 bits per heavy atom. The van der Waals surface area contributed by atoms with Crippen molar-refractivity contribution in [1.82, 2.24) is 0 Å². The number of ether oxygens (including phenoxy) is 2. The lowest BCUT2D eigenvalue weighted by molar-refractivity contribution is -0.116. The van der Waals surface area contributed by atoms with Gasteiger partial charge in [0.2, 0.25) is 5.91 Å². The van der Waals surface area contributed by atoms with E-state index in [4.69, 9.17) is 4.74 Å². The van der Waals surface area contributed by atoms with Crippen LogP contribution in [0.1, 0.15) is 26.2 Å². The highest BCUT2D eigenvalue weighted by atomic mass is 19.3. The second-order valence-corrected chi connectivity index (χ2v) is 5.47. The number of anilines is 1. The van der Waals surface area contributed by atoms with Gasteiger partial charge in [-0.1, -0.05) is 25.5 Å². The SMILES string of the molecule is CCCCC(=O)Nc1ccc(OC(F)F)c(-c2ccc(OC)cc2)c1. The minimum atomic E-state index is -2.93. The normalized spacial score (nSPS) is 10.6. The predicted octanol–water partition coefficient (Wildman–Crippen LogP) is 5.09. The molecule has 0 saturated carbocycles. The summed E-state index contributed by atoms with van der Waals surface area (Å²) < 4.78 is 35.1.